The van der Waals surface area contributed by atoms with E-state index in [2.05, 4.69) is 10.7 Å². The minimum absolute atomic E-state index is 0.192. The zero-order valence-electron chi connectivity index (χ0n) is 9.92. The van der Waals surface area contributed by atoms with Crippen LogP contribution in [0, 0.1) is 0 Å². The predicted molar refractivity (Wildman–Crippen MR) is 70.1 cm³/mol. The summed E-state index contributed by atoms with van der Waals surface area (Å²) in [6.45, 7) is -0.192. The van der Waals surface area contributed by atoms with E-state index in [-0.39, 0.29) is 13.0 Å². The summed E-state index contributed by atoms with van der Waals surface area (Å²) >= 11 is 5.63. The number of hydrogen-bond donors (Lipinski definition) is 0. The van der Waals surface area contributed by atoms with Crippen LogP contribution < -0.4 is 4.74 Å². The van der Waals surface area contributed by atoms with E-state index in [0.717, 1.165) is 0 Å². The third kappa shape index (κ3) is 4.49. The van der Waals surface area contributed by atoms with Crippen molar-refractivity contribution in [2.24, 2.45) is 0 Å². The average molecular weight is 353 g/mol. The van der Waals surface area contributed by atoms with Crippen molar-refractivity contribution in [3.63, 3.8) is 0 Å². The monoisotopic (exact) mass is 352 g/mol. The Labute approximate surface area is 125 Å². The Bertz CT molecular complexity index is 468. The van der Waals surface area contributed by atoms with E-state index >= 15 is 0 Å². The lowest BCUT2D eigenvalue weighted by atomic mass is 10.2. The molecule has 0 radical (unpaired) electrons. The van der Waals surface area contributed by atoms with Crippen molar-refractivity contribution >= 4 is 32.3 Å². The molecule has 1 atom stereocenters. The molecule has 0 aromatic heterocycles. The molecule has 0 bridgehead atoms. The fourth-order valence-corrected chi connectivity index (χ4v) is 2.08. The summed E-state index contributed by atoms with van der Waals surface area (Å²) in [6, 6.07) is 6.11. The van der Waals surface area contributed by atoms with E-state index in [9.17, 15) is 21.8 Å². The molecule has 0 N–H and O–H groups in total. The molecule has 1 aromatic carbocycles. The van der Waals surface area contributed by atoms with Crippen molar-refractivity contribution in [3.05, 3.63) is 29.3 Å². The van der Waals surface area contributed by atoms with Crippen LogP contribution in [-0.4, -0.2) is 22.0 Å². The number of ether oxygens (including phenoxy) is 1. The highest BCUT2D eigenvalue weighted by molar-refractivity contribution is 8.09. The van der Waals surface area contributed by atoms with Gasteiger partial charge < -0.3 is 4.74 Å². The summed E-state index contributed by atoms with van der Waals surface area (Å²) in [5.41, 5.74) is 0. The molecule has 114 valence electrons. The first-order valence-electron chi connectivity index (χ1n) is 5.39. The highest BCUT2D eigenvalue weighted by atomic mass is 35.7. The van der Waals surface area contributed by atoms with Gasteiger partial charge in [0.2, 0.25) is 0 Å². The molecule has 1 rings (SSSR count). The number of alkyl halides is 4. The van der Waals surface area contributed by atoms with Crippen LogP contribution in [0.3, 0.4) is 0 Å². The Morgan fingerprint density at radius 3 is 2.20 bits per heavy atom. The molecular formula is C11H10Cl2F4O2S. The smallest absolute Gasteiger partial charge is 0.396 e. The van der Waals surface area contributed by atoms with Gasteiger partial charge in [0, 0.05) is 11.4 Å². The van der Waals surface area contributed by atoms with Gasteiger partial charge in [0.25, 0.3) is 0 Å². The molecule has 0 saturated heterocycles. The molecule has 20 heavy (non-hydrogen) atoms. The number of benzene rings is 1. The number of rotatable bonds is 7. The Balaban J connectivity index is 2.44. The zero-order chi connectivity index (χ0) is 15.4. The van der Waals surface area contributed by atoms with Crippen molar-refractivity contribution in [2.75, 3.05) is 6.61 Å². The Morgan fingerprint density at radius 1 is 1.15 bits per heavy atom. The number of hydrogen-bond acceptors (Lipinski definition) is 2. The summed E-state index contributed by atoms with van der Waals surface area (Å²) in [5.74, 6) is -4.08. The van der Waals surface area contributed by atoms with Gasteiger partial charge in [-0.3, -0.25) is 0 Å². The second-order valence-electron chi connectivity index (χ2n) is 3.85. The van der Waals surface area contributed by atoms with Crippen LogP contribution in [0.1, 0.15) is 12.8 Å². The number of halogens is 6. The first-order valence-corrected chi connectivity index (χ1v) is 7.74. The van der Waals surface area contributed by atoms with Crippen LogP contribution in [0.25, 0.3) is 0 Å². The molecule has 2 nitrogen and oxygen atoms in total. The van der Waals surface area contributed by atoms with E-state index in [0.29, 0.717) is 10.8 Å². The second kappa shape index (κ2) is 6.95. The van der Waals surface area contributed by atoms with Gasteiger partial charge in [0.05, 0.1) is 6.61 Å². The van der Waals surface area contributed by atoms with Gasteiger partial charge in [-0.1, -0.05) is 11.6 Å². The van der Waals surface area contributed by atoms with E-state index < -0.39 is 27.6 Å². The maximum atomic E-state index is 13.1. The zero-order valence-corrected chi connectivity index (χ0v) is 12.3. The molecule has 0 heterocycles. The third-order valence-corrected chi connectivity index (χ3v) is 3.88. The third-order valence-electron chi connectivity index (χ3n) is 2.34. The van der Waals surface area contributed by atoms with Crippen LogP contribution >= 0.6 is 22.3 Å². The minimum Gasteiger partial charge on any atom is -0.494 e. The molecule has 0 spiro atoms. The summed E-state index contributed by atoms with van der Waals surface area (Å²) < 4.78 is 67.5. The topological polar surface area (TPSA) is 26.3 Å². The molecule has 0 aliphatic carbocycles. The summed E-state index contributed by atoms with van der Waals surface area (Å²) in [6.07, 6.45) is -1.54. The van der Waals surface area contributed by atoms with Crippen LogP contribution in [0.5, 0.6) is 5.75 Å². The Hall–Kier alpha value is -0.530. The van der Waals surface area contributed by atoms with Gasteiger partial charge in [0.1, 0.15) is 5.75 Å². The lowest BCUT2D eigenvalue weighted by Gasteiger charge is -2.23. The molecule has 0 aliphatic heterocycles. The first kappa shape index (κ1) is 17.5. The van der Waals surface area contributed by atoms with Gasteiger partial charge in [-0.25, -0.2) is 4.21 Å². The quantitative estimate of drug-likeness (QED) is 0.406. The van der Waals surface area contributed by atoms with Crippen molar-refractivity contribution < 1.29 is 26.5 Å². The van der Waals surface area contributed by atoms with E-state index in [1.54, 1.807) is 0 Å². The second-order valence-corrected chi connectivity index (χ2v) is 6.09. The van der Waals surface area contributed by atoms with Crippen LogP contribution in [-0.2, 0) is 10.0 Å². The Kier molecular flexibility index (Phi) is 6.09. The molecule has 1 unspecified atom stereocenters. The molecule has 1 aromatic rings. The van der Waals surface area contributed by atoms with Crippen LogP contribution in [0.15, 0.2) is 24.3 Å². The molecule has 0 aliphatic rings. The minimum atomic E-state index is -4.77. The largest absolute Gasteiger partial charge is 0.494 e. The summed E-state index contributed by atoms with van der Waals surface area (Å²) in [5, 5.41) is -4.29. The SMILES string of the molecule is O=S(Cl)C(F)(F)C(F)(F)CCCOc1ccc(Cl)cc1. The maximum Gasteiger partial charge on any atom is 0.396 e. The van der Waals surface area contributed by atoms with Crippen molar-refractivity contribution in [2.45, 2.75) is 24.0 Å². The lowest BCUT2D eigenvalue weighted by Crippen LogP contribution is -2.42. The maximum absolute atomic E-state index is 13.1. The fourth-order valence-electron chi connectivity index (χ4n) is 1.28. The normalized spacial score (nSPS) is 14.1. The highest BCUT2D eigenvalue weighted by Crippen LogP contribution is 2.41. The lowest BCUT2D eigenvalue weighted by molar-refractivity contribution is -0.158. The fraction of sp³-hybridized carbons (Fsp3) is 0.455. The van der Waals surface area contributed by atoms with Crippen molar-refractivity contribution in [1.29, 1.82) is 0 Å². The van der Waals surface area contributed by atoms with Crippen molar-refractivity contribution in [1.82, 2.24) is 0 Å². The molecular weight excluding hydrogens is 343 g/mol. The molecule has 0 fully saturated rings. The predicted octanol–water partition coefficient (Wildman–Crippen LogP) is 4.63. The van der Waals surface area contributed by atoms with Crippen molar-refractivity contribution in [3.8, 4) is 5.75 Å². The van der Waals surface area contributed by atoms with Gasteiger partial charge in [-0.05, 0) is 41.4 Å². The van der Waals surface area contributed by atoms with E-state index in [4.69, 9.17) is 16.3 Å². The van der Waals surface area contributed by atoms with Gasteiger partial charge >= 0.3 is 11.2 Å². The van der Waals surface area contributed by atoms with E-state index in [1.807, 2.05) is 0 Å². The first-order chi connectivity index (χ1) is 9.17. The highest BCUT2D eigenvalue weighted by Gasteiger charge is 2.60. The summed E-state index contributed by atoms with van der Waals surface area (Å²) in [7, 11) is 1.12. The summed E-state index contributed by atoms with van der Waals surface area (Å²) in [4.78, 5) is 0. The van der Waals surface area contributed by atoms with Gasteiger partial charge in [-0.15, -0.1) is 0 Å². The average Bonchev–Trinajstić information content (AvgIpc) is 2.36. The van der Waals surface area contributed by atoms with Crippen LogP contribution in [0.4, 0.5) is 17.6 Å². The molecule has 0 saturated carbocycles. The van der Waals surface area contributed by atoms with Crippen LogP contribution in [0.2, 0.25) is 5.02 Å². The standard InChI is InChI=1S/C11H10Cl2F4O2S/c12-8-2-4-9(5-3-8)19-7-1-6-10(14,15)11(16,17)20(13)18/h2-5H,1,6-7H2. The molecule has 9 heteroatoms. The van der Waals surface area contributed by atoms with Gasteiger partial charge in [-0.2, -0.15) is 17.6 Å². The van der Waals surface area contributed by atoms with E-state index in [1.165, 1.54) is 24.3 Å². The van der Waals surface area contributed by atoms with Gasteiger partial charge in [0.15, 0.2) is 10.0 Å². The Morgan fingerprint density at radius 2 is 1.70 bits per heavy atom. The molecule has 0 amide bonds.